The molecule has 2 heterocycles. The van der Waals surface area contributed by atoms with Crippen LogP contribution in [0, 0.1) is 0 Å². The van der Waals surface area contributed by atoms with Crippen molar-refractivity contribution in [1.29, 1.82) is 0 Å². The molecule has 1 aliphatic heterocycles. The van der Waals surface area contributed by atoms with E-state index in [0.717, 1.165) is 38.2 Å². The van der Waals surface area contributed by atoms with Gasteiger partial charge in [-0.3, -0.25) is 10.4 Å². The van der Waals surface area contributed by atoms with Crippen LogP contribution >= 0.6 is 0 Å². The molecule has 0 spiro atoms. The first kappa shape index (κ1) is 12.5. The number of hydrogen-bond acceptors (Lipinski definition) is 4. The van der Waals surface area contributed by atoms with Gasteiger partial charge in [-0.05, 0) is 24.7 Å². The second kappa shape index (κ2) is 5.65. The third-order valence-corrected chi connectivity index (χ3v) is 3.74. The smallest absolute Gasteiger partial charge is 0.0705 e. The minimum atomic E-state index is 0.868. The summed E-state index contributed by atoms with van der Waals surface area (Å²) >= 11 is 0. The van der Waals surface area contributed by atoms with E-state index in [9.17, 15) is 0 Å². The van der Waals surface area contributed by atoms with Crippen molar-refractivity contribution in [2.45, 2.75) is 6.54 Å². The Morgan fingerprint density at radius 1 is 1.11 bits per heavy atom. The summed E-state index contributed by atoms with van der Waals surface area (Å²) in [5, 5.41) is 3.56. The number of nitrogens with one attached hydrogen (secondary N) is 1. The molecule has 1 fully saturated rings. The number of fused-ring (bicyclic) bond motifs is 1. The van der Waals surface area contributed by atoms with Crippen molar-refractivity contribution in [3.63, 3.8) is 0 Å². The van der Waals surface area contributed by atoms with Gasteiger partial charge < -0.3 is 4.90 Å². The van der Waals surface area contributed by atoms with E-state index in [2.05, 4.69) is 51.6 Å². The largest absolute Gasteiger partial charge is 0.304 e. The number of nitrogens with zero attached hydrogens (tertiary/aromatic N) is 3. The van der Waals surface area contributed by atoms with Crippen LogP contribution in [0.3, 0.4) is 0 Å². The van der Waals surface area contributed by atoms with Crippen LogP contribution in [0.4, 0.5) is 0 Å². The summed E-state index contributed by atoms with van der Waals surface area (Å²) in [5.41, 5.74) is 5.91. The summed E-state index contributed by atoms with van der Waals surface area (Å²) in [6.07, 6.45) is 1.89. The molecule has 0 saturated carbocycles. The van der Waals surface area contributed by atoms with Crippen LogP contribution < -0.4 is 5.43 Å². The zero-order valence-electron chi connectivity index (χ0n) is 11.3. The van der Waals surface area contributed by atoms with Gasteiger partial charge in [0.15, 0.2) is 0 Å². The zero-order valence-corrected chi connectivity index (χ0v) is 11.3. The fourth-order valence-electron chi connectivity index (χ4n) is 2.47. The summed E-state index contributed by atoms with van der Waals surface area (Å²) in [6, 6.07) is 10.4. The van der Waals surface area contributed by atoms with E-state index in [4.69, 9.17) is 0 Å². The summed E-state index contributed by atoms with van der Waals surface area (Å²) in [4.78, 5) is 6.76. The quantitative estimate of drug-likeness (QED) is 0.901. The van der Waals surface area contributed by atoms with Gasteiger partial charge in [-0.2, -0.15) is 0 Å². The monoisotopic (exact) mass is 256 g/mol. The van der Waals surface area contributed by atoms with Crippen LogP contribution in [0.1, 0.15) is 5.56 Å². The van der Waals surface area contributed by atoms with Gasteiger partial charge in [0, 0.05) is 44.3 Å². The molecule has 1 N–H and O–H groups in total. The molecule has 1 aliphatic rings. The van der Waals surface area contributed by atoms with E-state index >= 15 is 0 Å². The van der Waals surface area contributed by atoms with Crippen LogP contribution in [-0.4, -0.2) is 48.1 Å². The summed E-state index contributed by atoms with van der Waals surface area (Å²) < 4.78 is 0. The summed E-state index contributed by atoms with van der Waals surface area (Å²) in [6.45, 7) is 5.29. The van der Waals surface area contributed by atoms with Crippen molar-refractivity contribution in [1.82, 2.24) is 20.3 Å². The van der Waals surface area contributed by atoms with Crippen LogP contribution in [0.15, 0.2) is 36.5 Å². The van der Waals surface area contributed by atoms with Crippen LogP contribution in [0.25, 0.3) is 10.9 Å². The molecule has 0 bridgehead atoms. The van der Waals surface area contributed by atoms with E-state index in [-0.39, 0.29) is 0 Å². The first-order valence-corrected chi connectivity index (χ1v) is 6.82. The van der Waals surface area contributed by atoms with Crippen molar-refractivity contribution < 1.29 is 0 Å². The third-order valence-electron chi connectivity index (χ3n) is 3.74. The zero-order chi connectivity index (χ0) is 13.1. The Kier molecular flexibility index (Phi) is 3.73. The lowest BCUT2D eigenvalue weighted by atomic mass is 10.1. The number of hydrogen-bond donors (Lipinski definition) is 1. The van der Waals surface area contributed by atoms with Crippen molar-refractivity contribution in [2.24, 2.45) is 0 Å². The molecule has 0 amide bonds. The SMILES string of the molecule is CN1CCN(NCc2ccnc3ccccc23)CC1. The molecular weight excluding hydrogens is 236 g/mol. The number of hydrazine groups is 1. The maximum Gasteiger partial charge on any atom is 0.0705 e. The molecule has 2 aromatic rings. The highest BCUT2D eigenvalue weighted by Gasteiger charge is 2.13. The first-order chi connectivity index (χ1) is 9.33. The molecule has 0 radical (unpaired) electrons. The number of para-hydroxylation sites is 1. The van der Waals surface area contributed by atoms with Gasteiger partial charge in [-0.15, -0.1) is 0 Å². The lowest BCUT2D eigenvalue weighted by Crippen LogP contribution is -2.50. The lowest BCUT2D eigenvalue weighted by Gasteiger charge is -2.32. The Labute approximate surface area is 114 Å². The molecule has 1 aromatic carbocycles. The van der Waals surface area contributed by atoms with Crippen molar-refractivity contribution in [3.8, 4) is 0 Å². The molecule has 1 saturated heterocycles. The Morgan fingerprint density at radius 3 is 2.74 bits per heavy atom. The van der Waals surface area contributed by atoms with Gasteiger partial charge in [0.2, 0.25) is 0 Å². The molecule has 0 atom stereocenters. The molecule has 1 aromatic heterocycles. The van der Waals surface area contributed by atoms with Gasteiger partial charge in [-0.25, -0.2) is 5.01 Å². The van der Waals surface area contributed by atoms with Crippen LogP contribution in [-0.2, 0) is 6.54 Å². The minimum Gasteiger partial charge on any atom is -0.304 e. The third kappa shape index (κ3) is 2.92. The molecule has 4 nitrogen and oxygen atoms in total. The predicted octanol–water partition coefficient (Wildman–Crippen LogP) is 1.49. The fourth-order valence-corrected chi connectivity index (χ4v) is 2.47. The molecular formula is C15H20N4. The topological polar surface area (TPSA) is 31.4 Å². The highest BCUT2D eigenvalue weighted by Crippen LogP contribution is 2.15. The van der Waals surface area contributed by atoms with Crippen molar-refractivity contribution in [3.05, 3.63) is 42.1 Å². The van der Waals surface area contributed by atoms with Crippen LogP contribution in [0.5, 0.6) is 0 Å². The van der Waals surface area contributed by atoms with E-state index < -0.39 is 0 Å². The van der Waals surface area contributed by atoms with E-state index in [1.807, 2.05) is 12.3 Å². The maximum atomic E-state index is 4.40. The van der Waals surface area contributed by atoms with Gasteiger partial charge in [0.05, 0.1) is 5.52 Å². The molecule has 3 rings (SSSR count). The average Bonchev–Trinajstić information content (AvgIpc) is 2.47. The number of piperazine rings is 1. The number of pyridine rings is 1. The van der Waals surface area contributed by atoms with Crippen molar-refractivity contribution >= 4 is 10.9 Å². The number of aromatic nitrogens is 1. The van der Waals surface area contributed by atoms with Gasteiger partial charge in [0.25, 0.3) is 0 Å². The van der Waals surface area contributed by atoms with Crippen LogP contribution in [0.2, 0.25) is 0 Å². The Balaban J connectivity index is 1.68. The van der Waals surface area contributed by atoms with Gasteiger partial charge in [0.1, 0.15) is 0 Å². The van der Waals surface area contributed by atoms with Gasteiger partial charge >= 0.3 is 0 Å². The highest BCUT2D eigenvalue weighted by molar-refractivity contribution is 5.81. The summed E-state index contributed by atoms with van der Waals surface area (Å²) in [5.74, 6) is 0. The first-order valence-electron chi connectivity index (χ1n) is 6.82. The van der Waals surface area contributed by atoms with Gasteiger partial charge in [-0.1, -0.05) is 18.2 Å². The molecule has 100 valence electrons. The highest BCUT2D eigenvalue weighted by atomic mass is 15.5. The average molecular weight is 256 g/mol. The lowest BCUT2D eigenvalue weighted by molar-refractivity contribution is 0.102. The number of likely N-dealkylation sites (N-methyl/N-ethyl adjacent to an activating group) is 1. The second-order valence-corrected chi connectivity index (χ2v) is 5.11. The maximum absolute atomic E-state index is 4.40. The molecule has 0 unspecified atom stereocenters. The number of rotatable bonds is 3. The molecule has 4 heteroatoms. The standard InChI is InChI=1S/C15H20N4/c1-18-8-10-19(11-9-18)17-12-13-6-7-16-15-5-3-2-4-14(13)15/h2-7,17H,8-12H2,1H3. The molecule has 0 aliphatic carbocycles. The van der Waals surface area contributed by atoms with E-state index in [1.165, 1.54) is 10.9 Å². The summed E-state index contributed by atoms with van der Waals surface area (Å²) in [7, 11) is 2.17. The van der Waals surface area contributed by atoms with Crippen molar-refractivity contribution in [2.75, 3.05) is 33.2 Å². The minimum absolute atomic E-state index is 0.868. The number of benzene rings is 1. The fraction of sp³-hybridized carbons (Fsp3) is 0.400. The van der Waals surface area contributed by atoms with E-state index in [0.29, 0.717) is 0 Å². The van der Waals surface area contributed by atoms with E-state index in [1.54, 1.807) is 0 Å². The Hall–Kier alpha value is -1.49. The normalized spacial score (nSPS) is 17.9. The second-order valence-electron chi connectivity index (χ2n) is 5.11. The Bertz CT molecular complexity index is 541. The molecule has 19 heavy (non-hydrogen) atoms. The Morgan fingerprint density at radius 2 is 1.89 bits per heavy atom. The predicted molar refractivity (Wildman–Crippen MR) is 77.7 cm³/mol.